The number of hydrogen-bond donors (Lipinski definition) is 1. The predicted octanol–water partition coefficient (Wildman–Crippen LogP) is 6.18. The normalized spacial score (nSPS) is 12.4. The maximum atomic E-state index is 14.0. The minimum Gasteiger partial charge on any atom is -0.497 e. The van der Waals surface area contributed by atoms with Gasteiger partial charge in [0.25, 0.3) is 10.0 Å². The summed E-state index contributed by atoms with van der Waals surface area (Å²) < 4.78 is 33.9. The Morgan fingerprint density at radius 2 is 1.61 bits per heavy atom. The van der Waals surface area contributed by atoms with Crippen molar-refractivity contribution >= 4 is 62.3 Å². The molecule has 0 unspecified atom stereocenters. The lowest BCUT2D eigenvalue weighted by Crippen LogP contribution is -2.54. The van der Waals surface area contributed by atoms with E-state index in [4.69, 9.17) is 39.5 Å². The van der Waals surface area contributed by atoms with E-state index < -0.39 is 40.0 Å². The van der Waals surface area contributed by atoms with E-state index in [9.17, 15) is 18.0 Å². The van der Waals surface area contributed by atoms with Crippen LogP contribution in [0.15, 0.2) is 71.6 Å². The summed E-state index contributed by atoms with van der Waals surface area (Å²) in [5.41, 5.74) is 0.229. The van der Waals surface area contributed by atoms with Crippen LogP contribution in [0.25, 0.3) is 0 Å². The van der Waals surface area contributed by atoms with E-state index >= 15 is 0 Å². The first-order chi connectivity index (χ1) is 19.1. The molecule has 3 aromatic rings. The Morgan fingerprint density at radius 1 is 0.951 bits per heavy atom. The molecule has 8 nitrogen and oxygen atoms in total. The quantitative estimate of drug-likeness (QED) is 0.286. The smallest absolute Gasteiger partial charge is 0.264 e. The van der Waals surface area contributed by atoms with Gasteiger partial charge in [0.15, 0.2) is 0 Å². The molecule has 0 radical (unpaired) electrons. The Hall–Kier alpha value is -2.98. The first kappa shape index (κ1) is 32.5. The lowest BCUT2D eigenvalue weighted by atomic mass is 10.1. The maximum Gasteiger partial charge on any atom is 0.264 e. The van der Waals surface area contributed by atoms with E-state index in [0.717, 1.165) is 4.31 Å². The minimum absolute atomic E-state index is 0.0274. The number of rotatable bonds is 10. The number of carbonyl (C=O) groups excluding carboxylic acids is 2. The monoisotopic (exact) mass is 639 g/mol. The van der Waals surface area contributed by atoms with Crippen molar-refractivity contribution in [2.45, 2.75) is 50.7 Å². The standard InChI is InChI=1S/C29H32Cl3N3O5S/c1-19(28(37)33-29(2,3)4)34(17-20-9-14-25(31)26(32)15-20)27(36)18-35(22-8-6-7-21(30)16-22)41(38,39)24-12-10-23(40-5)11-13-24/h6-16,19H,17-18H2,1-5H3,(H,33,37)/t19-/m0/s1. The Bertz CT molecular complexity index is 1510. The summed E-state index contributed by atoms with van der Waals surface area (Å²) in [5, 5.41) is 3.79. The Labute approximate surface area is 256 Å². The van der Waals surface area contributed by atoms with Crippen molar-refractivity contribution in [3.8, 4) is 5.75 Å². The van der Waals surface area contributed by atoms with E-state index in [2.05, 4.69) is 5.32 Å². The van der Waals surface area contributed by atoms with Crippen molar-refractivity contribution in [2.75, 3.05) is 18.0 Å². The van der Waals surface area contributed by atoms with Crippen LogP contribution in [0.1, 0.15) is 33.3 Å². The van der Waals surface area contributed by atoms with E-state index in [0.29, 0.717) is 16.3 Å². The number of anilines is 1. The van der Waals surface area contributed by atoms with Gasteiger partial charge in [-0.15, -0.1) is 0 Å². The number of halogens is 3. The lowest BCUT2D eigenvalue weighted by molar-refractivity contribution is -0.140. The summed E-state index contributed by atoms with van der Waals surface area (Å²) in [5.74, 6) is -0.552. The molecule has 12 heteroatoms. The number of hydrogen-bond acceptors (Lipinski definition) is 5. The second-order valence-corrected chi connectivity index (χ2v) is 13.5. The lowest BCUT2D eigenvalue weighted by Gasteiger charge is -2.33. The van der Waals surface area contributed by atoms with Gasteiger partial charge in [-0.3, -0.25) is 13.9 Å². The first-order valence-electron chi connectivity index (χ1n) is 12.6. The topological polar surface area (TPSA) is 96.0 Å². The molecule has 0 aliphatic rings. The number of carbonyl (C=O) groups is 2. The van der Waals surface area contributed by atoms with Gasteiger partial charge in [0, 0.05) is 17.1 Å². The molecule has 41 heavy (non-hydrogen) atoms. The fourth-order valence-electron chi connectivity index (χ4n) is 3.93. The molecule has 1 N–H and O–H groups in total. The second kappa shape index (κ2) is 13.3. The van der Waals surface area contributed by atoms with Gasteiger partial charge in [-0.2, -0.15) is 0 Å². The van der Waals surface area contributed by atoms with Crippen LogP contribution in [0, 0.1) is 0 Å². The van der Waals surface area contributed by atoms with E-state index in [1.54, 1.807) is 43.3 Å². The third-order valence-electron chi connectivity index (χ3n) is 6.02. The Kier molecular flexibility index (Phi) is 10.6. The van der Waals surface area contributed by atoms with Crippen molar-refractivity contribution in [1.29, 1.82) is 0 Å². The molecule has 0 saturated heterocycles. The molecule has 0 bridgehead atoms. The number of amides is 2. The van der Waals surface area contributed by atoms with E-state index in [1.807, 2.05) is 20.8 Å². The molecule has 0 aliphatic heterocycles. The Balaban J connectivity index is 2.05. The summed E-state index contributed by atoms with van der Waals surface area (Å²) in [4.78, 5) is 28.4. The molecular formula is C29H32Cl3N3O5S. The zero-order valence-corrected chi connectivity index (χ0v) is 26.4. The van der Waals surface area contributed by atoms with Crippen LogP contribution in [0.2, 0.25) is 15.1 Å². The molecule has 3 rings (SSSR count). The number of benzene rings is 3. The van der Waals surface area contributed by atoms with Crippen molar-refractivity contribution in [3.63, 3.8) is 0 Å². The fourth-order valence-corrected chi connectivity index (χ4v) is 5.84. The summed E-state index contributed by atoms with van der Waals surface area (Å²) >= 11 is 18.5. The van der Waals surface area contributed by atoms with Crippen LogP contribution in [-0.2, 0) is 26.2 Å². The molecule has 3 aromatic carbocycles. The van der Waals surface area contributed by atoms with Crippen molar-refractivity contribution in [1.82, 2.24) is 10.2 Å². The van der Waals surface area contributed by atoms with Gasteiger partial charge in [0.2, 0.25) is 11.8 Å². The Morgan fingerprint density at radius 3 is 2.17 bits per heavy atom. The fraction of sp³-hybridized carbons (Fsp3) is 0.310. The van der Waals surface area contributed by atoms with Crippen molar-refractivity contribution in [3.05, 3.63) is 87.4 Å². The van der Waals surface area contributed by atoms with Crippen LogP contribution >= 0.6 is 34.8 Å². The third-order valence-corrected chi connectivity index (χ3v) is 8.79. The van der Waals surface area contributed by atoms with Crippen LogP contribution in [-0.4, -0.2) is 50.4 Å². The van der Waals surface area contributed by atoms with Gasteiger partial charge >= 0.3 is 0 Å². The predicted molar refractivity (Wildman–Crippen MR) is 163 cm³/mol. The maximum absolute atomic E-state index is 14.0. The number of ether oxygens (including phenoxy) is 1. The average Bonchev–Trinajstić information content (AvgIpc) is 2.90. The summed E-state index contributed by atoms with van der Waals surface area (Å²) in [6.07, 6.45) is 0. The van der Waals surface area contributed by atoms with E-state index in [-0.39, 0.29) is 27.2 Å². The molecule has 0 aromatic heterocycles. The van der Waals surface area contributed by atoms with Gasteiger partial charge < -0.3 is 15.0 Å². The number of methoxy groups -OCH3 is 1. The van der Waals surface area contributed by atoms with Crippen LogP contribution in [0.3, 0.4) is 0 Å². The average molecular weight is 641 g/mol. The zero-order valence-electron chi connectivity index (χ0n) is 23.3. The van der Waals surface area contributed by atoms with Crippen molar-refractivity contribution < 1.29 is 22.7 Å². The SMILES string of the molecule is COc1ccc(S(=O)(=O)N(CC(=O)N(Cc2ccc(Cl)c(Cl)c2)[C@@H](C)C(=O)NC(C)(C)C)c2cccc(Cl)c2)cc1. The van der Waals surface area contributed by atoms with Crippen molar-refractivity contribution in [2.24, 2.45) is 0 Å². The van der Waals surface area contributed by atoms with Crippen LogP contribution in [0.5, 0.6) is 5.75 Å². The van der Waals surface area contributed by atoms with Gasteiger partial charge in [0.05, 0.1) is 27.7 Å². The molecule has 0 aliphatic carbocycles. The van der Waals surface area contributed by atoms with Crippen LogP contribution < -0.4 is 14.4 Å². The number of nitrogens with zero attached hydrogens (tertiary/aromatic N) is 2. The molecular weight excluding hydrogens is 609 g/mol. The third kappa shape index (κ3) is 8.52. The first-order valence-corrected chi connectivity index (χ1v) is 15.2. The van der Waals surface area contributed by atoms with Gasteiger partial charge in [-0.05, 0) is 87.9 Å². The zero-order chi connectivity index (χ0) is 30.5. The molecule has 0 saturated carbocycles. The minimum atomic E-state index is -4.25. The summed E-state index contributed by atoms with van der Waals surface area (Å²) in [6, 6.07) is 15.9. The molecule has 0 spiro atoms. The van der Waals surface area contributed by atoms with E-state index in [1.165, 1.54) is 42.3 Å². The molecule has 0 heterocycles. The highest BCUT2D eigenvalue weighted by atomic mass is 35.5. The summed E-state index contributed by atoms with van der Waals surface area (Å²) in [6.45, 7) is 6.42. The van der Waals surface area contributed by atoms with Crippen LogP contribution in [0.4, 0.5) is 5.69 Å². The summed E-state index contributed by atoms with van der Waals surface area (Å²) in [7, 11) is -2.78. The highest BCUT2D eigenvalue weighted by molar-refractivity contribution is 7.92. The highest BCUT2D eigenvalue weighted by Gasteiger charge is 2.33. The molecule has 0 fully saturated rings. The van der Waals surface area contributed by atoms with Gasteiger partial charge in [0.1, 0.15) is 18.3 Å². The van der Waals surface area contributed by atoms with Gasteiger partial charge in [-0.1, -0.05) is 46.9 Å². The number of sulfonamides is 1. The second-order valence-electron chi connectivity index (χ2n) is 10.4. The van der Waals surface area contributed by atoms with Gasteiger partial charge in [-0.25, -0.2) is 8.42 Å². The molecule has 1 atom stereocenters. The molecule has 2 amide bonds. The largest absolute Gasteiger partial charge is 0.497 e. The highest BCUT2D eigenvalue weighted by Crippen LogP contribution is 2.28. The number of nitrogens with one attached hydrogen (secondary N) is 1. The molecule has 220 valence electrons.